The van der Waals surface area contributed by atoms with Gasteiger partial charge in [-0.05, 0) is 186 Å². The lowest BCUT2D eigenvalue weighted by molar-refractivity contribution is -0.112. The van der Waals surface area contributed by atoms with Crippen LogP contribution in [0.5, 0.6) is 0 Å². The van der Waals surface area contributed by atoms with Gasteiger partial charge in [0.2, 0.25) is 0 Å². The van der Waals surface area contributed by atoms with Crippen molar-refractivity contribution in [2.24, 2.45) is 5.92 Å². The van der Waals surface area contributed by atoms with Crippen LogP contribution in [0.15, 0.2) is 129 Å². The van der Waals surface area contributed by atoms with E-state index in [0.717, 1.165) is 109 Å². The van der Waals surface area contributed by atoms with Crippen LogP contribution in [0.25, 0.3) is 22.4 Å². The number of aromatic nitrogens is 1. The predicted octanol–water partition coefficient (Wildman–Crippen LogP) is 14.8. The minimum absolute atomic E-state index is 0.0852. The van der Waals surface area contributed by atoms with Crippen molar-refractivity contribution in [1.29, 1.82) is 0 Å². The molecule has 0 bridgehead atoms. The molecule has 2 aliphatic rings. The van der Waals surface area contributed by atoms with E-state index in [-0.39, 0.29) is 27.3 Å². The van der Waals surface area contributed by atoms with Crippen LogP contribution in [0, 0.1) is 24.5 Å². The Bertz CT molecular complexity index is 2920. The van der Waals surface area contributed by atoms with Gasteiger partial charge in [-0.2, -0.15) is 13.2 Å². The summed E-state index contributed by atoms with van der Waals surface area (Å²) in [4.78, 5) is 17.7. The fourth-order valence-corrected chi connectivity index (χ4v) is 12.4. The summed E-state index contributed by atoms with van der Waals surface area (Å²) in [5.41, 5.74) is 1.45. The number of carbonyl (C=O) groups excluding carboxylic acids is 1. The van der Waals surface area contributed by atoms with Crippen molar-refractivity contribution in [2.45, 2.75) is 91.9 Å². The maximum atomic E-state index is 15.6. The van der Waals surface area contributed by atoms with Crippen LogP contribution in [0.3, 0.4) is 0 Å². The smallest absolute Gasteiger partial charge is 0.400 e. The average Bonchev–Trinajstić information content (AvgIpc) is 3.79. The molecule has 426 valence electrons. The highest BCUT2D eigenvalue weighted by atomic mass is 35.5. The maximum absolute atomic E-state index is 15.6. The Morgan fingerprint density at radius 3 is 1.92 bits per heavy atom. The second kappa shape index (κ2) is 31.8. The fraction of sp³-hybridized carbons (Fsp3) is 0.386. The van der Waals surface area contributed by atoms with Crippen molar-refractivity contribution >= 4 is 86.1 Å². The van der Waals surface area contributed by atoms with Gasteiger partial charge in [0.1, 0.15) is 22.8 Å². The van der Waals surface area contributed by atoms with Gasteiger partial charge >= 0.3 is 5.51 Å². The molecule has 2 fully saturated rings. The first-order valence-electron chi connectivity index (χ1n) is 25.5. The molecule has 2 aliphatic heterocycles. The van der Waals surface area contributed by atoms with E-state index in [9.17, 15) is 30.8 Å². The van der Waals surface area contributed by atoms with Gasteiger partial charge in [-0.25, -0.2) is 17.2 Å². The number of carbonyl (C=O) groups is 1. The maximum Gasteiger partial charge on any atom is 0.501 e. The van der Waals surface area contributed by atoms with Gasteiger partial charge in [-0.3, -0.25) is 0 Å². The minimum atomic E-state index is -5.75. The third kappa shape index (κ3) is 17.0. The van der Waals surface area contributed by atoms with E-state index in [4.69, 9.17) is 21.8 Å². The number of anilines is 4. The number of aldehydes is 1. The Morgan fingerprint density at radius 2 is 1.37 bits per heavy atom. The van der Waals surface area contributed by atoms with Crippen LogP contribution in [-0.2, 0) is 14.6 Å². The van der Waals surface area contributed by atoms with E-state index in [0.29, 0.717) is 54.8 Å². The number of alkyl halides is 3. The fourth-order valence-electron chi connectivity index (χ4n) is 8.99. The van der Waals surface area contributed by atoms with Crippen molar-refractivity contribution in [3.05, 3.63) is 132 Å². The van der Waals surface area contributed by atoms with Crippen molar-refractivity contribution in [3.8, 4) is 22.4 Å². The quantitative estimate of drug-likeness (QED) is 0.0318. The Morgan fingerprint density at radius 1 is 0.769 bits per heavy atom. The van der Waals surface area contributed by atoms with Gasteiger partial charge in [0, 0.05) is 95.5 Å². The molecule has 0 atom stereocenters. The molecular weight excluding hydrogens is 1110 g/mol. The van der Waals surface area contributed by atoms with Gasteiger partial charge in [-0.15, -0.1) is 11.8 Å². The zero-order chi connectivity index (χ0) is 57.7. The van der Waals surface area contributed by atoms with E-state index in [1.54, 1.807) is 30.0 Å². The number of hydrogen-bond acceptors (Lipinski definition) is 13. The van der Waals surface area contributed by atoms with E-state index in [2.05, 4.69) is 62.5 Å². The number of rotatable bonds is 16. The number of aliphatic hydroxyl groups is 2. The number of aliphatic hydroxyl groups excluding tert-OH is 2. The number of halogens is 6. The SMILES string of the molecule is CC.CCCN1CCC(C=O)CC1.CO.CO.CSc1c(-c2cc(F)cc(N3CCN(c4ccc(NSc5ccc(NSc6ccccc6F)c(S(=O)(=O)C(F)(F)F)c5)cc4)CC3)c2)c(-c2ccc(Cl)cc2)n(C(C)C)c1C. The average molecular weight is 1180 g/mol. The van der Waals surface area contributed by atoms with E-state index in [1.165, 1.54) is 43.3 Å². The Hall–Kier alpha value is -4.93. The predicted molar refractivity (Wildman–Crippen MR) is 316 cm³/mol. The van der Waals surface area contributed by atoms with Crippen molar-refractivity contribution in [1.82, 2.24) is 9.47 Å². The number of thioether (sulfide) groups is 1. The van der Waals surface area contributed by atoms with Gasteiger partial charge in [-0.1, -0.05) is 56.6 Å². The molecule has 0 saturated carbocycles. The number of nitrogens with zero attached hydrogens (tertiary/aromatic N) is 4. The monoisotopic (exact) mass is 1180 g/mol. The van der Waals surface area contributed by atoms with E-state index < -0.39 is 26.1 Å². The molecule has 21 heteroatoms. The summed E-state index contributed by atoms with van der Waals surface area (Å²) >= 11 is 9.54. The van der Waals surface area contributed by atoms with Crippen molar-refractivity contribution < 1.29 is 45.4 Å². The summed E-state index contributed by atoms with van der Waals surface area (Å²) in [6.07, 6.45) is 6.53. The van der Waals surface area contributed by atoms with E-state index in [1.807, 2.05) is 68.6 Å². The molecule has 0 unspecified atom stereocenters. The highest BCUT2D eigenvalue weighted by Gasteiger charge is 2.48. The van der Waals surface area contributed by atoms with E-state index >= 15 is 4.39 Å². The molecule has 11 nitrogen and oxygen atoms in total. The van der Waals surface area contributed by atoms with Gasteiger partial charge < -0.3 is 43.7 Å². The molecule has 0 radical (unpaired) electrons. The van der Waals surface area contributed by atoms with Gasteiger partial charge in [0.05, 0.1) is 16.3 Å². The summed E-state index contributed by atoms with van der Waals surface area (Å²) in [6.45, 7) is 18.7. The number of benzene rings is 5. The van der Waals surface area contributed by atoms with Crippen LogP contribution in [0.2, 0.25) is 5.02 Å². The normalized spacial score (nSPS) is 13.9. The van der Waals surface area contributed by atoms with Crippen molar-refractivity contribution in [3.63, 3.8) is 0 Å². The number of piperidine rings is 1. The first-order chi connectivity index (χ1) is 37.4. The Balaban J connectivity index is 0.000000671. The summed E-state index contributed by atoms with van der Waals surface area (Å²) in [5, 5.41) is 14.6. The zero-order valence-electron chi connectivity index (χ0n) is 45.5. The highest BCUT2D eigenvalue weighted by Crippen LogP contribution is 2.46. The molecule has 0 aliphatic carbocycles. The standard InChI is InChI=1S/C44H41ClF5N5O2S4.C9H17NO.C2H6.2CH4O/c1-27(2)55-28(3)43(58-4)41(42(55)29-9-11-31(45)12-10-29)30-23-32(46)25-35(24-30)54-21-19-53(20-22-54)34-15-13-33(14-16-34)51-59-36-17-18-38(40(26-36)61(56,57)44(48,49)50)52-60-39-8-6-5-7-37(39)47;1-2-5-10-6-3-9(8-11)4-7-10;3*1-2/h5-18,23-27,51-52H,19-22H2,1-4H3;8-9H,2-7H2,1H3;1-2H3;2*2H,1H3. The molecule has 2 saturated heterocycles. The van der Waals surface area contributed by atoms with Crippen LogP contribution in [0.4, 0.5) is 44.7 Å². The van der Waals surface area contributed by atoms with Crippen LogP contribution >= 0.6 is 47.3 Å². The molecule has 78 heavy (non-hydrogen) atoms. The molecule has 0 spiro atoms. The van der Waals surface area contributed by atoms with Crippen molar-refractivity contribution in [2.75, 3.05) is 85.5 Å². The number of sulfone groups is 1. The first kappa shape index (κ1) is 65.6. The largest absolute Gasteiger partial charge is 0.501 e. The third-order valence-corrected chi connectivity index (χ3v) is 17.0. The summed E-state index contributed by atoms with van der Waals surface area (Å²) in [5.74, 6) is -0.575. The third-order valence-electron chi connectivity index (χ3n) is 12.6. The van der Waals surface area contributed by atoms with Gasteiger partial charge in [0.25, 0.3) is 9.84 Å². The topological polar surface area (TPSA) is 130 Å². The molecule has 6 aromatic rings. The molecule has 0 amide bonds. The molecule has 1 aromatic heterocycles. The first-order valence-corrected chi connectivity index (χ1v) is 30.2. The van der Waals surface area contributed by atoms with Crippen LogP contribution < -0.4 is 19.2 Å². The summed E-state index contributed by atoms with van der Waals surface area (Å²) < 4.78 is 104. The van der Waals surface area contributed by atoms with Gasteiger partial charge in [0.15, 0.2) is 0 Å². The number of hydrogen-bond donors (Lipinski definition) is 4. The molecule has 3 heterocycles. The second-order valence-electron chi connectivity index (χ2n) is 17.8. The Labute approximate surface area is 475 Å². The molecule has 8 rings (SSSR count). The molecular formula is C57H72ClF5N6O5S4. The summed E-state index contributed by atoms with van der Waals surface area (Å²) in [7, 11) is -3.75. The number of likely N-dealkylation sites (tertiary alicyclic amines) is 1. The Kier molecular flexibility index (Phi) is 26.7. The lowest BCUT2D eigenvalue weighted by Gasteiger charge is -2.37. The summed E-state index contributed by atoms with van der Waals surface area (Å²) in [6, 6.07) is 29.9. The van der Waals surface area contributed by atoms with Crippen LogP contribution in [-0.4, -0.2) is 106 Å². The minimum Gasteiger partial charge on any atom is -0.400 e. The zero-order valence-corrected chi connectivity index (χ0v) is 49.5. The lowest BCUT2D eigenvalue weighted by Crippen LogP contribution is -2.46. The van der Waals surface area contributed by atoms with Crippen LogP contribution in [0.1, 0.15) is 65.6 Å². The molecule has 5 aromatic carbocycles. The number of piperazine rings is 1. The molecule has 4 N–H and O–H groups in total. The highest BCUT2D eigenvalue weighted by molar-refractivity contribution is 8.01. The second-order valence-corrected chi connectivity index (χ2v) is 22.7. The number of nitrogens with one attached hydrogen (secondary N) is 2. The lowest BCUT2D eigenvalue weighted by atomic mass is 9.99.